The van der Waals surface area contributed by atoms with Crippen molar-refractivity contribution in [1.82, 2.24) is 4.98 Å². The molecule has 2 aliphatic rings. The second-order valence-corrected chi connectivity index (χ2v) is 11.1. The molecule has 2 heterocycles. The van der Waals surface area contributed by atoms with E-state index in [2.05, 4.69) is 35.0 Å². The average Bonchev–Trinajstić information content (AvgIpc) is 3.50. The number of anilines is 1. The van der Waals surface area contributed by atoms with E-state index in [1.807, 2.05) is 18.2 Å². The molecule has 5 rings (SSSR count). The van der Waals surface area contributed by atoms with Crippen LogP contribution < -0.4 is 9.64 Å². The topological polar surface area (TPSA) is 65.8 Å². The van der Waals surface area contributed by atoms with Gasteiger partial charge in [0.25, 0.3) is 0 Å². The van der Waals surface area contributed by atoms with Gasteiger partial charge in [-0.25, -0.2) is 0 Å². The van der Waals surface area contributed by atoms with Crippen LogP contribution in [0, 0.1) is 0 Å². The molecule has 0 amide bonds. The summed E-state index contributed by atoms with van der Waals surface area (Å²) in [6, 6.07) is 12.2. The Bertz CT molecular complexity index is 1160. The molecule has 0 bridgehead atoms. The van der Waals surface area contributed by atoms with Gasteiger partial charge in [0.2, 0.25) is 5.88 Å². The molecule has 2 aromatic carbocycles. The number of aromatic hydroxyl groups is 2. The molecular formula is C28H34N2O3S. The van der Waals surface area contributed by atoms with Crippen molar-refractivity contribution in [3.05, 3.63) is 52.4 Å². The Kier molecular flexibility index (Phi) is 6.43. The molecule has 0 unspecified atom stereocenters. The number of methoxy groups -OCH3 is 1. The first-order chi connectivity index (χ1) is 16.5. The third-order valence-corrected chi connectivity index (χ3v) is 8.72. The monoisotopic (exact) mass is 478 g/mol. The lowest BCUT2D eigenvalue weighted by Gasteiger charge is -2.35. The number of hydrogen-bond acceptors (Lipinski definition) is 6. The van der Waals surface area contributed by atoms with Crippen LogP contribution in [0.3, 0.4) is 0 Å². The Morgan fingerprint density at radius 3 is 2.41 bits per heavy atom. The van der Waals surface area contributed by atoms with Gasteiger partial charge in [-0.3, -0.25) is 0 Å². The minimum Gasteiger partial charge on any atom is -0.508 e. The van der Waals surface area contributed by atoms with Gasteiger partial charge in [-0.1, -0.05) is 49.7 Å². The predicted octanol–water partition coefficient (Wildman–Crippen LogP) is 6.64. The van der Waals surface area contributed by atoms with E-state index in [4.69, 9.17) is 4.74 Å². The van der Waals surface area contributed by atoms with Crippen LogP contribution in [0.2, 0.25) is 0 Å². The number of thiazole rings is 1. The molecule has 2 N–H and O–H groups in total. The van der Waals surface area contributed by atoms with Crippen molar-refractivity contribution in [3.8, 4) is 28.5 Å². The number of ether oxygens (including phenoxy) is 1. The normalized spacial score (nSPS) is 17.8. The van der Waals surface area contributed by atoms with Gasteiger partial charge in [0.15, 0.2) is 5.13 Å². The standard InChI is InChI=1S/C28H34N2O3S/c1-28(12-4-3-5-13-28)22-17-20(8-10-23(22)31)19-9-11-24(33-2)21(16-19)18-25-26(32)29-27(34-25)30-14-6-7-15-30/h8-11,16-17,31-32H,3-7,12-15,18H2,1-2H3. The quantitative estimate of drug-likeness (QED) is 0.416. The fourth-order valence-corrected chi connectivity index (χ4v) is 6.59. The zero-order valence-electron chi connectivity index (χ0n) is 20.1. The Morgan fingerprint density at radius 1 is 0.971 bits per heavy atom. The van der Waals surface area contributed by atoms with E-state index in [9.17, 15) is 10.2 Å². The molecule has 1 aromatic heterocycles. The molecule has 2 fully saturated rings. The Balaban J connectivity index is 1.46. The summed E-state index contributed by atoms with van der Waals surface area (Å²) in [6.45, 7) is 4.30. The number of rotatable bonds is 6. The van der Waals surface area contributed by atoms with Gasteiger partial charge in [-0.2, -0.15) is 4.98 Å². The van der Waals surface area contributed by atoms with Crippen molar-refractivity contribution >= 4 is 16.5 Å². The zero-order chi connectivity index (χ0) is 23.7. The van der Waals surface area contributed by atoms with Gasteiger partial charge in [-0.15, -0.1) is 0 Å². The maximum atomic E-state index is 10.7. The van der Waals surface area contributed by atoms with Gasteiger partial charge in [0.1, 0.15) is 11.5 Å². The van der Waals surface area contributed by atoms with Gasteiger partial charge in [0.05, 0.1) is 12.0 Å². The Morgan fingerprint density at radius 2 is 1.68 bits per heavy atom. The lowest BCUT2D eigenvalue weighted by molar-refractivity contribution is 0.308. The Hall–Kier alpha value is -2.73. The largest absolute Gasteiger partial charge is 0.508 e. The number of nitrogens with zero attached hydrogens (tertiary/aromatic N) is 2. The number of phenolic OH excluding ortho intramolecular Hbond substituents is 1. The first-order valence-corrected chi connectivity index (χ1v) is 13.2. The number of benzene rings is 2. The molecule has 1 saturated heterocycles. The number of aromatic nitrogens is 1. The van der Waals surface area contributed by atoms with E-state index in [-0.39, 0.29) is 11.3 Å². The van der Waals surface area contributed by atoms with Crippen LogP contribution in [0.15, 0.2) is 36.4 Å². The van der Waals surface area contributed by atoms with E-state index < -0.39 is 0 Å². The van der Waals surface area contributed by atoms with Crippen molar-refractivity contribution in [2.45, 2.75) is 63.7 Å². The lowest BCUT2D eigenvalue weighted by atomic mass is 9.70. The smallest absolute Gasteiger partial charge is 0.227 e. The maximum absolute atomic E-state index is 10.7. The van der Waals surface area contributed by atoms with E-state index in [0.29, 0.717) is 12.2 Å². The van der Waals surface area contributed by atoms with Crippen LogP contribution in [0.5, 0.6) is 17.4 Å². The van der Waals surface area contributed by atoms with E-state index in [0.717, 1.165) is 63.9 Å². The highest BCUT2D eigenvalue weighted by Gasteiger charge is 2.31. The number of phenols is 1. The van der Waals surface area contributed by atoms with Gasteiger partial charge >= 0.3 is 0 Å². The molecule has 0 spiro atoms. The van der Waals surface area contributed by atoms with Crippen molar-refractivity contribution in [1.29, 1.82) is 0 Å². The molecule has 0 atom stereocenters. The van der Waals surface area contributed by atoms with E-state index in [1.165, 1.54) is 32.1 Å². The van der Waals surface area contributed by atoms with Crippen LogP contribution in [0.4, 0.5) is 5.13 Å². The van der Waals surface area contributed by atoms with Gasteiger partial charge in [0, 0.05) is 30.6 Å². The van der Waals surface area contributed by atoms with Crippen LogP contribution >= 0.6 is 11.3 Å². The van der Waals surface area contributed by atoms with E-state index >= 15 is 0 Å². The summed E-state index contributed by atoms with van der Waals surface area (Å²) >= 11 is 1.57. The molecule has 1 aliphatic carbocycles. The highest BCUT2D eigenvalue weighted by atomic mass is 32.1. The molecule has 6 heteroatoms. The summed E-state index contributed by atoms with van der Waals surface area (Å²) in [6.07, 6.45) is 8.86. The van der Waals surface area contributed by atoms with Gasteiger partial charge < -0.3 is 19.8 Å². The zero-order valence-corrected chi connectivity index (χ0v) is 21.0. The maximum Gasteiger partial charge on any atom is 0.227 e. The summed E-state index contributed by atoms with van der Waals surface area (Å²) in [5.41, 5.74) is 4.27. The van der Waals surface area contributed by atoms with Crippen LogP contribution in [0.1, 0.15) is 67.9 Å². The average molecular weight is 479 g/mol. The SMILES string of the molecule is COc1ccc(-c2ccc(O)c(C3(C)CCCCC3)c2)cc1Cc1sc(N2CCCC2)nc1O. The number of hydrogen-bond donors (Lipinski definition) is 2. The second-order valence-electron chi connectivity index (χ2n) is 9.99. The summed E-state index contributed by atoms with van der Waals surface area (Å²) in [4.78, 5) is 7.55. The minimum atomic E-state index is 0.0219. The van der Waals surface area contributed by atoms with Crippen molar-refractivity contribution in [2.75, 3.05) is 25.1 Å². The van der Waals surface area contributed by atoms with E-state index in [1.54, 1.807) is 18.4 Å². The molecule has 3 aromatic rings. The first-order valence-electron chi connectivity index (χ1n) is 12.4. The molecule has 0 radical (unpaired) electrons. The summed E-state index contributed by atoms with van der Waals surface area (Å²) in [5.74, 6) is 1.32. The Labute approximate surface area is 206 Å². The van der Waals surface area contributed by atoms with Crippen molar-refractivity contribution < 1.29 is 14.9 Å². The molecule has 1 saturated carbocycles. The molecular weight excluding hydrogens is 444 g/mol. The molecule has 34 heavy (non-hydrogen) atoms. The third-order valence-electron chi connectivity index (χ3n) is 7.61. The van der Waals surface area contributed by atoms with Crippen LogP contribution in [-0.2, 0) is 11.8 Å². The molecule has 180 valence electrons. The third kappa shape index (κ3) is 4.48. The second kappa shape index (κ2) is 9.49. The highest BCUT2D eigenvalue weighted by Crippen LogP contribution is 2.44. The van der Waals surface area contributed by atoms with Crippen molar-refractivity contribution in [3.63, 3.8) is 0 Å². The first kappa shape index (κ1) is 23.0. The fourth-order valence-electron chi connectivity index (χ4n) is 5.56. The van der Waals surface area contributed by atoms with Crippen LogP contribution in [0.25, 0.3) is 11.1 Å². The molecule has 1 aliphatic heterocycles. The lowest BCUT2D eigenvalue weighted by Crippen LogP contribution is -2.25. The molecule has 5 nitrogen and oxygen atoms in total. The van der Waals surface area contributed by atoms with Crippen molar-refractivity contribution in [2.24, 2.45) is 0 Å². The highest BCUT2D eigenvalue weighted by molar-refractivity contribution is 7.15. The summed E-state index contributed by atoms with van der Waals surface area (Å²) in [5, 5.41) is 22.1. The summed E-state index contributed by atoms with van der Waals surface area (Å²) in [7, 11) is 1.68. The summed E-state index contributed by atoms with van der Waals surface area (Å²) < 4.78 is 5.66. The van der Waals surface area contributed by atoms with Crippen LogP contribution in [-0.4, -0.2) is 35.4 Å². The minimum absolute atomic E-state index is 0.0219. The predicted molar refractivity (Wildman–Crippen MR) is 139 cm³/mol. The van der Waals surface area contributed by atoms with Gasteiger partial charge in [-0.05, 0) is 66.5 Å². The fraction of sp³-hybridized carbons (Fsp3) is 0.464.